The second-order valence-electron chi connectivity index (χ2n) is 4.77. The molecule has 0 aromatic heterocycles. The van der Waals surface area contributed by atoms with E-state index in [0.717, 1.165) is 15.6 Å². The van der Waals surface area contributed by atoms with Gasteiger partial charge in [-0.2, -0.15) is 0 Å². The summed E-state index contributed by atoms with van der Waals surface area (Å²) in [5.41, 5.74) is 1.72. The van der Waals surface area contributed by atoms with Crippen molar-refractivity contribution in [1.82, 2.24) is 5.32 Å². The van der Waals surface area contributed by atoms with E-state index < -0.39 is 10.0 Å². The largest absolute Gasteiger partial charge is 0.352 e. The zero-order valence-corrected chi connectivity index (χ0v) is 14.0. The van der Waals surface area contributed by atoms with Crippen molar-refractivity contribution >= 4 is 31.9 Å². The highest BCUT2D eigenvalue weighted by Crippen LogP contribution is 2.11. The minimum Gasteiger partial charge on any atom is -0.352 e. The molecule has 0 radical (unpaired) electrons. The van der Waals surface area contributed by atoms with Gasteiger partial charge in [0.1, 0.15) is 0 Å². The first-order valence-corrected chi connectivity index (χ1v) is 8.81. The predicted octanol–water partition coefficient (Wildman–Crippen LogP) is 1.96. The summed E-state index contributed by atoms with van der Waals surface area (Å²) in [4.78, 5) is 11.9. The topological polar surface area (TPSA) is 89.3 Å². The minimum absolute atomic E-state index is 0.0532. The highest BCUT2D eigenvalue weighted by atomic mass is 79.9. The van der Waals surface area contributed by atoms with Crippen molar-refractivity contribution < 1.29 is 13.2 Å². The molecule has 22 heavy (non-hydrogen) atoms. The van der Waals surface area contributed by atoms with E-state index >= 15 is 0 Å². The Morgan fingerprint density at radius 1 is 1.00 bits per heavy atom. The number of primary sulfonamides is 1. The Labute approximate surface area is 137 Å². The van der Waals surface area contributed by atoms with Crippen LogP contribution in [0.5, 0.6) is 0 Å². The molecular weight excluding hydrogens is 368 g/mol. The molecule has 116 valence electrons. The number of halogens is 1. The molecule has 0 aliphatic heterocycles. The predicted molar refractivity (Wildman–Crippen MR) is 87.5 cm³/mol. The Morgan fingerprint density at radius 3 is 2.09 bits per heavy atom. The molecule has 0 unspecified atom stereocenters. The minimum atomic E-state index is -3.69. The molecule has 2 aromatic rings. The third kappa shape index (κ3) is 4.94. The summed E-state index contributed by atoms with van der Waals surface area (Å²) in [5, 5.41) is 7.81. The number of carbonyl (C=O) groups is 1. The quantitative estimate of drug-likeness (QED) is 0.827. The molecular formula is C15H15BrN2O3S. The van der Waals surface area contributed by atoms with Gasteiger partial charge in [-0.3, -0.25) is 4.79 Å². The monoisotopic (exact) mass is 382 g/mol. The molecule has 0 atom stereocenters. The first-order chi connectivity index (χ1) is 10.3. The van der Waals surface area contributed by atoms with Crippen LogP contribution in [-0.2, 0) is 27.8 Å². The normalized spacial score (nSPS) is 11.2. The van der Waals surface area contributed by atoms with Gasteiger partial charge in [0.05, 0.1) is 11.3 Å². The van der Waals surface area contributed by atoms with Crippen LogP contribution in [0.2, 0.25) is 0 Å². The maximum absolute atomic E-state index is 11.9. The fourth-order valence-electron chi connectivity index (χ4n) is 1.85. The molecule has 0 saturated heterocycles. The third-order valence-electron chi connectivity index (χ3n) is 3.02. The molecule has 2 rings (SSSR count). The number of nitrogens with two attached hydrogens (primary N) is 1. The standard InChI is InChI=1S/C15H15BrN2O3S/c16-13-5-1-11(2-6-13)9-15(19)18-10-12-3-7-14(8-4-12)22(17,20)21/h1-8H,9-10H2,(H,18,19)(H2,17,20,21). The average Bonchev–Trinajstić information content (AvgIpc) is 2.47. The lowest BCUT2D eigenvalue weighted by molar-refractivity contribution is -0.120. The number of benzene rings is 2. The van der Waals surface area contributed by atoms with Crippen LogP contribution >= 0.6 is 15.9 Å². The van der Waals surface area contributed by atoms with Gasteiger partial charge in [-0.25, -0.2) is 13.6 Å². The van der Waals surface area contributed by atoms with E-state index in [-0.39, 0.29) is 10.8 Å². The number of rotatable bonds is 5. The van der Waals surface area contributed by atoms with Gasteiger partial charge in [-0.1, -0.05) is 40.2 Å². The third-order valence-corrected chi connectivity index (χ3v) is 4.48. The summed E-state index contributed by atoms with van der Waals surface area (Å²) in [5.74, 6) is -0.0992. The second-order valence-corrected chi connectivity index (χ2v) is 7.25. The molecule has 0 aliphatic rings. The van der Waals surface area contributed by atoms with E-state index in [9.17, 15) is 13.2 Å². The number of hydrogen-bond acceptors (Lipinski definition) is 3. The molecule has 0 fully saturated rings. The summed E-state index contributed by atoms with van der Waals surface area (Å²) in [6.07, 6.45) is 0.294. The van der Waals surface area contributed by atoms with Crippen LogP contribution in [0.4, 0.5) is 0 Å². The Morgan fingerprint density at radius 2 is 1.55 bits per heavy atom. The summed E-state index contributed by atoms with van der Waals surface area (Å²) in [7, 11) is -3.69. The first kappa shape index (κ1) is 16.7. The number of carbonyl (C=O) groups excluding carboxylic acids is 1. The molecule has 0 saturated carbocycles. The van der Waals surface area contributed by atoms with Gasteiger partial charge in [0.25, 0.3) is 0 Å². The molecule has 2 aromatic carbocycles. The highest BCUT2D eigenvalue weighted by Gasteiger charge is 2.07. The van der Waals surface area contributed by atoms with E-state index in [1.54, 1.807) is 12.1 Å². The van der Waals surface area contributed by atoms with Crippen molar-refractivity contribution in [1.29, 1.82) is 0 Å². The van der Waals surface area contributed by atoms with Crippen molar-refractivity contribution in [3.63, 3.8) is 0 Å². The number of sulfonamides is 1. The van der Waals surface area contributed by atoms with E-state index in [4.69, 9.17) is 5.14 Å². The Kier molecular flexibility index (Phi) is 5.33. The SMILES string of the molecule is NS(=O)(=O)c1ccc(CNC(=O)Cc2ccc(Br)cc2)cc1. The maximum Gasteiger partial charge on any atom is 0.238 e. The van der Waals surface area contributed by atoms with Gasteiger partial charge >= 0.3 is 0 Å². The van der Waals surface area contributed by atoms with E-state index in [1.807, 2.05) is 24.3 Å². The van der Waals surface area contributed by atoms with Gasteiger partial charge in [-0.05, 0) is 35.4 Å². The smallest absolute Gasteiger partial charge is 0.238 e. The molecule has 1 amide bonds. The Hall–Kier alpha value is -1.70. The highest BCUT2D eigenvalue weighted by molar-refractivity contribution is 9.10. The number of nitrogens with one attached hydrogen (secondary N) is 1. The van der Waals surface area contributed by atoms with Crippen LogP contribution in [0.25, 0.3) is 0 Å². The number of hydrogen-bond donors (Lipinski definition) is 2. The summed E-state index contributed by atoms with van der Waals surface area (Å²) in [6, 6.07) is 13.6. The molecule has 7 heteroatoms. The van der Waals surface area contributed by atoms with Crippen molar-refractivity contribution in [3.8, 4) is 0 Å². The molecule has 0 heterocycles. The fraction of sp³-hybridized carbons (Fsp3) is 0.133. The first-order valence-electron chi connectivity index (χ1n) is 6.47. The summed E-state index contributed by atoms with van der Waals surface area (Å²) < 4.78 is 23.2. The van der Waals surface area contributed by atoms with Gasteiger partial charge < -0.3 is 5.32 Å². The summed E-state index contributed by atoms with van der Waals surface area (Å²) in [6.45, 7) is 0.334. The number of amides is 1. The zero-order valence-electron chi connectivity index (χ0n) is 11.6. The van der Waals surface area contributed by atoms with Crippen LogP contribution in [0.15, 0.2) is 57.9 Å². The second kappa shape index (κ2) is 7.04. The molecule has 0 bridgehead atoms. The van der Waals surface area contributed by atoms with Gasteiger partial charge in [-0.15, -0.1) is 0 Å². The molecule has 5 nitrogen and oxygen atoms in total. The maximum atomic E-state index is 11.9. The van der Waals surface area contributed by atoms with Crippen molar-refractivity contribution in [3.05, 3.63) is 64.1 Å². The van der Waals surface area contributed by atoms with E-state index in [2.05, 4.69) is 21.2 Å². The average molecular weight is 383 g/mol. The van der Waals surface area contributed by atoms with Gasteiger partial charge in [0.15, 0.2) is 0 Å². The fourth-order valence-corrected chi connectivity index (χ4v) is 2.63. The van der Waals surface area contributed by atoms with E-state index in [0.29, 0.717) is 13.0 Å². The van der Waals surface area contributed by atoms with E-state index in [1.165, 1.54) is 12.1 Å². The van der Waals surface area contributed by atoms with Crippen LogP contribution in [0.3, 0.4) is 0 Å². The van der Waals surface area contributed by atoms with Crippen LogP contribution in [0, 0.1) is 0 Å². The zero-order chi connectivity index (χ0) is 16.2. The molecule has 0 aliphatic carbocycles. The lowest BCUT2D eigenvalue weighted by Gasteiger charge is -2.06. The van der Waals surface area contributed by atoms with Crippen LogP contribution < -0.4 is 10.5 Å². The molecule has 0 spiro atoms. The van der Waals surface area contributed by atoms with Crippen LogP contribution in [-0.4, -0.2) is 14.3 Å². The van der Waals surface area contributed by atoms with Crippen molar-refractivity contribution in [2.24, 2.45) is 5.14 Å². The van der Waals surface area contributed by atoms with Gasteiger partial charge in [0, 0.05) is 11.0 Å². The van der Waals surface area contributed by atoms with Crippen molar-refractivity contribution in [2.45, 2.75) is 17.9 Å². The van der Waals surface area contributed by atoms with Gasteiger partial charge in [0.2, 0.25) is 15.9 Å². The van der Waals surface area contributed by atoms with Crippen molar-refractivity contribution in [2.75, 3.05) is 0 Å². The lowest BCUT2D eigenvalue weighted by atomic mass is 10.1. The van der Waals surface area contributed by atoms with Crippen LogP contribution in [0.1, 0.15) is 11.1 Å². The lowest BCUT2D eigenvalue weighted by Crippen LogP contribution is -2.24. The Balaban J connectivity index is 1.89. The molecule has 3 N–H and O–H groups in total. The Bertz CT molecular complexity index is 756. The summed E-state index contributed by atoms with van der Waals surface area (Å²) >= 11 is 3.34.